The van der Waals surface area contributed by atoms with Crippen molar-refractivity contribution >= 4 is 18.2 Å². The topological polar surface area (TPSA) is 111 Å². The molecular weight excluding hydrogens is 618 g/mol. The van der Waals surface area contributed by atoms with Crippen molar-refractivity contribution < 1.29 is 29.0 Å². The molecule has 0 aliphatic heterocycles. The largest absolute Gasteiger partial charge is 0.481 e. The number of benzene rings is 3. The van der Waals surface area contributed by atoms with Gasteiger partial charge in [-0.25, -0.2) is 19.5 Å². The van der Waals surface area contributed by atoms with Gasteiger partial charge in [-0.15, -0.1) is 0 Å². The number of ether oxygens (including phenoxy) is 2. The molecular formula is C40H47N3O6. The molecule has 9 nitrogen and oxygen atoms in total. The van der Waals surface area contributed by atoms with Crippen LogP contribution in [0.4, 0.5) is 9.59 Å². The Morgan fingerprint density at radius 2 is 1.24 bits per heavy atom. The van der Waals surface area contributed by atoms with Crippen molar-refractivity contribution in [2.24, 2.45) is 11.8 Å². The van der Waals surface area contributed by atoms with Gasteiger partial charge in [-0.05, 0) is 82.9 Å². The van der Waals surface area contributed by atoms with Gasteiger partial charge in [0.05, 0.1) is 12.0 Å². The number of imide groups is 1. The molecule has 1 aliphatic rings. The van der Waals surface area contributed by atoms with E-state index in [1.165, 1.54) is 0 Å². The first kappa shape index (κ1) is 35.4. The van der Waals surface area contributed by atoms with Crippen LogP contribution in [0.1, 0.15) is 83.7 Å². The van der Waals surface area contributed by atoms with Crippen molar-refractivity contribution in [1.82, 2.24) is 14.5 Å². The minimum Gasteiger partial charge on any atom is -0.481 e. The normalized spacial score (nSPS) is 18.3. The zero-order valence-corrected chi connectivity index (χ0v) is 29.4. The Morgan fingerprint density at radius 1 is 0.816 bits per heavy atom. The number of aromatic nitrogens is 2. The smallest absolute Gasteiger partial charge is 0.419 e. The molecule has 1 N–H and O–H groups in total. The van der Waals surface area contributed by atoms with Crippen molar-refractivity contribution in [2.45, 2.75) is 83.5 Å². The molecule has 1 saturated carbocycles. The Labute approximate surface area is 288 Å². The number of carbonyl (C=O) groups excluding carboxylic acids is 2. The number of carboxylic acids is 1. The predicted molar refractivity (Wildman–Crippen MR) is 187 cm³/mol. The van der Waals surface area contributed by atoms with E-state index in [9.17, 15) is 19.5 Å². The number of hydrogen-bond donors (Lipinski definition) is 1. The number of hydrogen-bond acceptors (Lipinski definition) is 6. The van der Waals surface area contributed by atoms with Crippen LogP contribution in [0.2, 0.25) is 0 Å². The second-order valence-corrected chi connectivity index (χ2v) is 15.1. The minimum absolute atomic E-state index is 0.0175. The summed E-state index contributed by atoms with van der Waals surface area (Å²) in [4.78, 5) is 45.1. The lowest BCUT2D eigenvalue weighted by Crippen LogP contribution is -2.45. The molecule has 1 fully saturated rings. The second-order valence-electron chi connectivity index (χ2n) is 15.1. The molecule has 1 aromatic heterocycles. The average Bonchev–Trinajstić information content (AvgIpc) is 3.54. The van der Waals surface area contributed by atoms with Crippen molar-refractivity contribution in [1.29, 1.82) is 0 Å². The first-order chi connectivity index (χ1) is 23.1. The molecule has 258 valence electrons. The van der Waals surface area contributed by atoms with E-state index in [0.717, 1.165) is 21.6 Å². The van der Waals surface area contributed by atoms with Gasteiger partial charge >= 0.3 is 18.2 Å². The number of imidazole rings is 1. The number of carbonyl (C=O) groups is 3. The molecule has 4 aromatic rings. The molecule has 1 heterocycles. The van der Waals surface area contributed by atoms with E-state index < -0.39 is 40.3 Å². The van der Waals surface area contributed by atoms with Crippen LogP contribution < -0.4 is 0 Å². The predicted octanol–water partition coefficient (Wildman–Crippen LogP) is 8.26. The SMILES string of the molecule is CC(C[C@H]1C[C@]1(C(=O)O)c1cn(C(c2ccccc2)(c2ccccc2)c2ccccc2)cn1)CN(C(=O)OC(C)(C)C)C(=O)OC(C)(C)C. The second kappa shape index (κ2) is 13.5. The van der Waals surface area contributed by atoms with Gasteiger partial charge < -0.3 is 19.1 Å². The number of nitrogens with zero attached hydrogens (tertiary/aromatic N) is 3. The molecule has 0 bridgehead atoms. The van der Waals surface area contributed by atoms with Gasteiger partial charge in [0, 0.05) is 12.7 Å². The summed E-state index contributed by atoms with van der Waals surface area (Å²) in [6, 6.07) is 30.4. The summed E-state index contributed by atoms with van der Waals surface area (Å²) in [5.41, 5.74) is -0.180. The van der Waals surface area contributed by atoms with E-state index in [4.69, 9.17) is 14.5 Å². The molecule has 1 unspecified atom stereocenters. The van der Waals surface area contributed by atoms with Crippen LogP contribution in [0.5, 0.6) is 0 Å². The fourth-order valence-corrected chi connectivity index (χ4v) is 6.75. The lowest BCUT2D eigenvalue weighted by molar-refractivity contribution is -0.140. The number of amides is 2. The first-order valence-electron chi connectivity index (χ1n) is 16.8. The van der Waals surface area contributed by atoms with Crippen LogP contribution in [-0.2, 0) is 25.2 Å². The number of rotatable bonds is 10. The highest BCUT2D eigenvalue weighted by Crippen LogP contribution is 2.57. The molecule has 49 heavy (non-hydrogen) atoms. The quantitative estimate of drug-likeness (QED) is 0.170. The van der Waals surface area contributed by atoms with Gasteiger partial charge in [0.2, 0.25) is 0 Å². The van der Waals surface area contributed by atoms with Crippen molar-refractivity contribution in [3.63, 3.8) is 0 Å². The fourth-order valence-electron chi connectivity index (χ4n) is 6.75. The van der Waals surface area contributed by atoms with Gasteiger partial charge in [-0.3, -0.25) is 4.79 Å². The summed E-state index contributed by atoms with van der Waals surface area (Å²) >= 11 is 0. The zero-order chi connectivity index (χ0) is 35.6. The van der Waals surface area contributed by atoms with Gasteiger partial charge in [-0.1, -0.05) is 97.9 Å². The van der Waals surface area contributed by atoms with Crippen LogP contribution in [0.3, 0.4) is 0 Å². The van der Waals surface area contributed by atoms with Crippen molar-refractivity contribution in [3.05, 3.63) is 126 Å². The van der Waals surface area contributed by atoms with Crippen LogP contribution in [-0.4, -0.2) is 55.5 Å². The molecule has 3 atom stereocenters. The van der Waals surface area contributed by atoms with E-state index in [-0.39, 0.29) is 18.4 Å². The summed E-state index contributed by atoms with van der Waals surface area (Å²) in [6.07, 6.45) is 2.84. The Morgan fingerprint density at radius 3 is 1.63 bits per heavy atom. The highest BCUT2D eigenvalue weighted by Gasteiger charge is 2.63. The molecule has 0 radical (unpaired) electrons. The molecule has 9 heteroatoms. The van der Waals surface area contributed by atoms with E-state index in [2.05, 4.69) is 36.4 Å². The van der Waals surface area contributed by atoms with Crippen LogP contribution in [0.15, 0.2) is 104 Å². The summed E-state index contributed by atoms with van der Waals surface area (Å²) in [5, 5.41) is 10.7. The third-order valence-electron chi connectivity index (χ3n) is 8.90. The van der Waals surface area contributed by atoms with Gasteiger partial charge in [0.25, 0.3) is 0 Å². The van der Waals surface area contributed by atoms with Crippen molar-refractivity contribution in [3.8, 4) is 0 Å². The lowest BCUT2D eigenvalue weighted by Gasteiger charge is -2.37. The lowest BCUT2D eigenvalue weighted by atomic mass is 9.76. The van der Waals surface area contributed by atoms with Gasteiger partial charge in [0.15, 0.2) is 0 Å². The minimum atomic E-state index is -1.21. The highest BCUT2D eigenvalue weighted by atomic mass is 16.6. The monoisotopic (exact) mass is 665 g/mol. The van der Waals surface area contributed by atoms with E-state index >= 15 is 0 Å². The van der Waals surface area contributed by atoms with Gasteiger partial charge in [0.1, 0.15) is 22.2 Å². The Hall–Kier alpha value is -4.92. The Balaban J connectivity index is 1.48. The highest BCUT2D eigenvalue weighted by molar-refractivity contribution is 5.88. The standard InChI is InChI=1S/C40H47N3O6/c1-28(25-43(35(46)48-37(2,3)4)36(47)49-38(5,6)7)23-32-24-39(32,34(44)45)33-26-42(27-41-33)40(29-17-11-8-12-18-29,30-19-13-9-14-20-30)31-21-15-10-16-22-31/h8-22,26-28,32H,23-25H2,1-7H3,(H,44,45)/t28?,32-,39+/m0/s1. The fraction of sp³-hybridized carbons (Fsp3) is 0.400. The molecule has 3 aromatic carbocycles. The molecule has 0 spiro atoms. The first-order valence-corrected chi connectivity index (χ1v) is 16.8. The van der Waals surface area contributed by atoms with E-state index in [1.54, 1.807) is 47.9 Å². The maximum absolute atomic E-state index is 13.1. The summed E-state index contributed by atoms with van der Waals surface area (Å²) in [5.74, 6) is -1.46. The summed E-state index contributed by atoms with van der Waals surface area (Å²) in [6.45, 7) is 12.3. The molecule has 2 amide bonds. The molecule has 0 saturated heterocycles. The average molecular weight is 666 g/mol. The maximum Gasteiger partial charge on any atom is 0.419 e. The van der Waals surface area contributed by atoms with Crippen LogP contribution >= 0.6 is 0 Å². The molecule has 5 rings (SSSR count). The third-order valence-corrected chi connectivity index (χ3v) is 8.90. The van der Waals surface area contributed by atoms with Crippen LogP contribution in [0.25, 0.3) is 0 Å². The van der Waals surface area contributed by atoms with E-state index in [0.29, 0.717) is 18.5 Å². The Kier molecular flexibility index (Phi) is 9.77. The Bertz CT molecular complexity index is 1630. The van der Waals surface area contributed by atoms with Crippen LogP contribution in [0, 0.1) is 11.8 Å². The van der Waals surface area contributed by atoms with Crippen molar-refractivity contribution in [2.75, 3.05) is 6.54 Å². The number of aliphatic carboxylic acids is 1. The molecule has 1 aliphatic carbocycles. The number of carboxylic acid groups (broad SMARTS) is 1. The summed E-state index contributed by atoms with van der Waals surface area (Å²) in [7, 11) is 0. The van der Waals surface area contributed by atoms with E-state index in [1.807, 2.05) is 72.3 Å². The zero-order valence-electron chi connectivity index (χ0n) is 29.4. The summed E-state index contributed by atoms with van der Waals surface area (Å²) < 4.78 is 13.1. The maximum atomic E-state index is 13.1. The third kappa shape index (κ3) is 7.41. The van der Waals surface area contributed by atoms with Gasteiger partial charge in [-0.2, -0.15) is 0 Å².